The molecule has 0 bridgehead atoms. The summed E-state index contributed by atoms with van der Waals surface area (Å²) in [6.45, 7) is 3.60. The van der Waals surface area contributed by atoms with Gasteiger partial charge in [0.25, 0.3) is 0 Å². The summed E-state index contributed by atoms with van der Waals surface area (Å²) in [6.07, 6.45) is 0.946. The number of hydrogen-bond donors (Lipinski definition) is 8. The second-order valence-corrected chi connectivity index (χ2v) is 10.00. The zero-order valence-corrected chi connectivity index (χ0v) is 22.4. The Balaban J connectivity index is 2.17. The molecular weight excluding hydrogens is 522 g/mol. The number of hydrogen-bond acceptors (Lipinski definition) is 7. The number of H-pyrrole nitrogens is 1. The Hall–Kier alpha value is -4.46. The number of benzene rings is 1. The summed E-state index contributed by atoms with van der Waals surface area (Å²) in [5, 5.41) is 17.9. The third-order valence-electron chi connectivity index (χ3n) is 6.13. The fourth-order valence-electron chi connectivity index (χ4n) is 4.09. The third kappa shape index (κ3) is 9.69. The van der Waals surface area contributed by atoms with E-state index in [2.05, 4.69) is 20.9 Å². The lowest BCUT2D eigenvalue weighted by molar-refractivity contribution is -0.142. The number of carbonyl (C=O) groups is 6. The summed E-state index contributed by atoms with van der Waals surface area (Å²) >= 11 is 0. The van der Waals surface area contributed by atoms with Gasteiger partial charge in [0.15, 0.2) is 0 Å². The molecule has 4 atom stereocenters. The summed E-state index contributed by atoms with van der Waals surface area (Å²) in [7, 11) is 0. The van der Waals surface area contributed by atoms with Gasteiger partial charge in [0.1, 0.15) is 18.1 Å². The second kappa shape index (κ2) is 14.6. The van der Waals surface area contributed by atoms with Crippen LogP contribution in [0.2, 0.25) is 0 Å². The van der Waals surface area contributed by atoms with E-state index < -0.39 is 66.1 Å². The normalized spacial score (nSPS) is 14.1. The average molecular weight is 560 g/mol. The van der Waals surface area contributed by atoms with Crippen molar-refractivity contribution in [2.75, 3.05) is 0 Å². The number of primary amides is 2. The summed E-state index contributed by atoms with van der Waals surface area (Å²) in [5.74, 6) is -5.40. The Labute approximate surface area is 230 Å². The molecule has 0 saturated carbocycles. The molecule has 1 heterocycles. The van der Waals surface area contributed by atoms with Gasteiger partial charge < -0.3 is 43.2 Å². The summed E-state index contributed by atoms with van der Waals surface area (Å²) in [5.41, 5.74) is 17.6. The molecule has 0 saturated heterocycles. The SMILES string of the molecule is CC(C)CC(NC(=O)C(CC(N)=O)NC(=O)C(N)CCC(N)=O)C(=O)NC(Cc1c[nH]c2ccccc12)C(=O)O. The van der Waals surface area contributed by atoms with E-state index in [1.807, 2.05) is 24.3 Å². The lowest BCUT2D eigenvalue weighted by atomic mass is 10.0. The van der Waals surface area contributed by atoms with Crippen molar-refractivity contribution in [1.82, 2.24) is 20.9 Å². The molecule has 0 aliphatic rings. The number of aromatic amines is 1. The van der Waals surface area contributed by atoms with Crippen molar-refractivity contribution in [2.45, 2.75) is 70.1 Å². The van der Waals surface area contributed by atoms with Gasteiger partial charge in [-0.2, -0.15) is 0 Å². The maximum atomic E-state index is 13.2. The van der Waals surface area contributed by atoms with Crippen LogP contribution in [0.15, 0.2) is 30.5 Å². The maximum absolute atomic E-state index is 13.2. The van der Waals surface area contributed by atoms with Crippen LogP contribution in [0.1, 0.15) is 45.1 Å². The molecule has 0 spiro atoms. The van der Waals surface area contributed by atoms with E-state index >= 15 is 0 Å². The molecule has 1 aromatic carbocycles. The zero-order chi connectivity index (χ0) is 30.0. The van der Waals surface area contributed by atoms with Crippen LogP contribution >= 0.6 is 0 Å². The molecule has 14 nitrogen and oxygen atoms in total. The number of carbonyl (C=O) groups excluding carboxylic acids is 5. The van der Waals surface area contributed by atoms with E-state index in [1.54, 1.807) is 20.0 Å². The molecule has 1 aromatic heterocycles. The minimum atomic E-state index is -1.46. The molecular formula is C26H37N7O7. The molecule has 14 heteroatoms. The van der Waals surface area contributed by atoms with Gasteiger partial charge in [0.05, 0.1) is 12.5 Å². The molecule has 218 valence electrons. The number of nitrogens with one attached hydrogen (secondary N) is 4. The van der Waals surface area contributed by atoms with Crippen molar-refractivity contribution in [3.8, 4) is 0 Å². The Morgan fingerprint density at radius 2 is 1.48 bits per heavy atom. The van der Waals surface area contributed by atoms with Crippen LogP contribution in [0, 0.1) is 5.92 Å². The highest BCUT2D eigenvalue weighted by Gasteiger charge is 2.32. The lowest BCUT2D eigenvalue weighted by Gasteiger charge is -2.25. The van der Waals surface area contributed by atoms with Gasteiger partial charge in [-0.1, -0.05) is 32.0 Å². The predicted molar refractivity (Wildman–Crippen MR) is 145 cm³/mol. The van der Waals surface area contributed by atoms with E-state index in [4.69, 9.17) is 17.2 Å². The van der Waals surface area contributed by atoms with E-state index in [0.717, 1.165) is 10.9 Å². The Morgan fingerprint density at radius 3 is 2.08 bits per heavy atom. The lowest BCUT2D eigenvalue weighted by Crippen LogP contribution is -2.58. The molecule has 0 aliphatic heterocycles. The number of aromatic nitrogens is 1. The van der Waals surface area contributed by atoms with Gasteiger partial charge in [0, 0.05) is 29.9 Å². The molecule has 4 unspecified atom stereocenters. The summed E-state index contributed by atoms with van der Waals surface area (Å²) in [6, 6.07) is 2.18. The highest BCUT2D eigenvalue weighted by molar-refractivity contribution is 5.96. The summed E-state index contributed by atoms with van der Waals surface area (Å²) < 4.78 is 0. The van der Waals surface area contributed by atoms with Crippen molar-refractivity contribution in [1.29, 1.82) is 0 Å². The van der Waals surface area contributed by atoms with E-state index in [-0.39, 0.29) is 31.6 Å². The first-order valence-corrected chi connectivity index (χ1v) is 12.8. The number of para-hydroxylation sites is 1. The van der Waals surface area contributed by atoms with Crippen LogP contribution in [0.4, 0.5) is 0 Å². The van der Waals surface area contributed by atoms with Gasteiger partial charge in [-0.3, -0.25) is 24.0 Å². The zero-order valence-electron chi connectivity index (χ0n) is 22.4. The van der Waals surface area contributed by atoms with Gasteiger partial charge in [-0.15, -0.1) is 0 Å². The molecule has 5 amide bonds. The minimum Gasteiger partial charge on any atom is -0.480 e. The first kappa shape index (κ1) is 31.8. The largest absolute Gasteiger partial charge is 0.480 e. The quantitative estimate of drug-likeness (QED) is 0.123. The number of carboxylic acid groups (broad SMARTS) is 1. The first-order valence-electron chi connectivity index (χ1n) is 12.8. The topological polar surface area (TPSA) is 253 Å². The average Bonchev–Trinajstić information content (AvgIpc) is 3.28. The Bertz CT molecular complexity index is 1240. The monoisotopic (exact) mass is 559 g/mol. The van der Waals surface area contributed by atoms with Crippen molar-refractivity contribution >= 4 is 46.4 Å². The van der Waals surface area contributed by atoms with Crippen molar-refractivity contribution in [3.63, 3.8) is 0 Å². The summed E-state index contributed by atoms with van der Waals surface area (Å²) in [4.78, 5) is 76.4. The van der Waals surface area contributed by atoms with Gasteiger partial charge >= 0.3 is 5.97 Å². The number of carboxylic acids is 1. The van der Waals surface area contributed by atoms with Crippen LogP contribution in [-0.2, 0) is 35.2 Å². The molecule has 0 aliphatic carbocycles. The first-order chi connectivity index (χ1) is 18.8. The van der Waals surface area contributed by atoms with Crippen molar-refractivity contribution in [2.24, 2.45) is 23.1 Å². The Kier molecular flexibility index (Phi) is 11.6. The number of aliphatic carboxylic acids is 1. The predicted octanol–water partition coefficient (Wildman–Crippen LogP) is -1.24. The number of nitrogens with two attached hydrogens (primary N) is 3. The molecule has 0 radical (unpaired) electrons. The van der Waals surface area contributed by atoms with Crippen molar-refractivity contribution in [3.05, 3.63) is 36.0 Å². The van der Waals surface area contributed by atoms with Crippen LogP contribution in [-0.4, -0.2) is 69.8 Å². The second-order valence-electron chi connectivity index (χ2n) is 10.00. The van der Waals surface area contributed by atoms with E-state index in [9.17, 15) is 33.9 Å². The molecule has 2 aromatic rings. The smallest absolute Gasteiger partial charge is 0.326 e. The van der Waals surface area contributed by atoms with Crippen LogP contribution < -0.4 is 33.2 Å². The fourth-order valence-corrected chi connectivity index (χ4v) is 4.09. The van der Waals surface area contributed by atoms with Crippen LogP contribution in [0.3, 0.4) is 0 Å². The Morgan fingerprint density at radius 1 is 0.875 bits per heavy atom. The fraction of sp³-hybridized carbons (Fsp3) is 0.462. The minimum absolute atomic E-state index is 0.0169. The number of fused-ring (bicyclic) bond motifs is 1. The molecule has 0 fully saturated rings. The van der Waals surface area contributed by atoms with Crippen LogP contribution in [0.25, 0.3) is 10.9 Å². The molecule has 11 N–H and O–H groups in total. The maximum Gasteiger partial charge on any atom is 0.326 e. The third-order valence-corrected chi connectivity index (χ3v) is 6.13. The van der Waals surface area contributed by atoms with Gasteiger partial charge in [-0.25, -0.2) is 4.79 Å². The number of amides is 5. The van der Waals surface area contributed by atoms with E-state index in [0.29, 0.717) is 5.56 Å². The van der Waals surface area contributed by atoms with Gasteiger partial charge in [-0.05, 0) is 30.4 Å². The van der Waals surface area contributed by atoms with Crippen molar-refractivity contribution < 1.29 is 33.9 Å². The highest BCUT2D eigenvalue weighted by Crippen LogP contribution is 2.19. The van der Waals surface area contributed by atoms with Crippen LogP contribution in [0.5, 0.6) is 0 Å². The van der Waals surface area contributed by atoms with Gasteiger partial charge in [0.2, 0.25) is 29.5 Å². The number of rotatable bonds is 16. The molecule has 40 heavy (non-hydrogen) atoms. The molecule has 2 rings (SSSR count). The standard InChI is InChI=1S/C26H37N7O7/c1-13(2)9-18(32-25(38)19(11-22(29)35)31-23(36)16(27)7-8-21(28)34)24(37)33-20(26(39)40)10-14-12-30-17-6-4-3-5-15(14)17/h3-6,12-13,16,18-20,30H,7-11,27H2,1-2H3,(H2,28,34)(H2,29,35)(H,31,36)(H,32,38)(H,33,37)(H,39,40). The van der Waals surface area contributed by atoms with E-state index in [1.165, 1.54) is 0 Å². The highest BCUT2D eigenvalue weighted by atomic mass is 16.4.